The second-order valence-electron chi connectivity index (χ2n) is 5.60. The van der Waals surface area contributed by atoms with Crippen molar-refractivity contribution in [3.8, 4) is 0 Å². The summed E-state index contributed by atoms with van der Waals surface area (Å²) in [6.45, 7) is 4.47. The Labute approximate surface area is 131 Å². The van der Waals surface area contributed by atoms with Gasteiger partial charge in [0.2, 0.25) is 15.9 Å². The molecule has 1 amide bonds. The van der Waals surface area contributed by atoms with Crippen LogP contribution in [0.4, 0.5) is 4.39 Å². The topological polar surface area (TPSA) is 66.5 Å². The standard InChI is InChI=1S/C15H23FN2O3S/c1-12(2)5-4-10-17-15(19)11-18(3)22(20,21)14-8-6-13(16)7-9-14/h6-9,12H,4-5,10-11H2,1-3H3,(H,17,19). The number of nitrogens with one attached hydrogen (secondary N) is 1. The molecular weight excluding hydrogens is 307 g/mol. The normalized spacial score (nSPS) is 11.9. The summed E-state index contributed by atoms with van der Waals surface area (Å²) in [5.41, 5.74) is 0. The Bertz CT molecular complexity index is 585. The van der Waals surface area contributed by atoms with Gasteiger partial charge in [0, 0.05) is 13.6 Å². The van der Waals surface area contributed by atoms with Crippen molar-refractivity contribution in [1.29, 1.82) is 0 Å². The number of likely N-dealkylation sites (N-methyl/N-ethyl adjacent to an activating group) is 1. The molecule has 0 fully saturated rings. The molecule has 7 heteroatoms. The smallest absolute Gasteiger partial charge is 0.243 e. The minimum Gasteiger partial charge on any atom is -0.355 e. The SMILES string of the molecule is CC(C)CCCNC(=O)CN(C)S(=O)(=O)c1ccc(F)cc1. The predicted octanol–water partition coefficient (Wildman–Crippen LogP) is 2.00. The van der Waals surface area contributed by atoms with Crippen molar-refractivity contribution in [3.05, 3.63) is 30.1 Å². The van der Waals surface area contributed by atoms with Crippen LogP contribution in [0.25, 0.3) is 0 Å². The molecule has 0 saturated carbocycles. The van der Waals surface area contributed by atoms with Crippen LogP contribution in [0, 0.1) is 11.7 Å². The lowest BCUT2D eigenvalue weighted by molar-refractivity contribution is -0.121. The third kappa shape index (κ3) is 5.73. The van der Waals surface area contributed by atoms with Crippen LogP contribution >= 0.6 is 0 Å². The number of carbonyl (C=O) groups excluding carboxylic acids is 1. The summed E-state index contributed by atoms with van der Waals surface area (Å²) in [7, 11) is -2.46. The fourth-order valence-corrected chi connectivity index (χ4v) is 2.99. The van der Waals surface area contributed by atoms with E-state index in [-0.39, 0.29) is 17.3 Å². The molecule has 0 unspecified atom stereocenters. The molecule has 5 nitrogen and oxygen atoms in total. The van der Waals surface area contributed by atoms with Crippen molar-refractivity contribution in [2.75, 3.05) is 20.1 Å². The highest BCUT2D eigenvalue weighted by atomic mass is 32.2. The van der Waals surface area contributed by atoms with Gasteiger partial charge in [0.15, 0.2) is 0 Å². The molecule has 1 N–H and O–H groups in total. The Balaban J connectivity index is 2.54. The first kappa shape index (κ1) is 18.6. The molecule has 124 valence electrons. The summed E-state index contributed by atoms with van der Waals surface area (Å²) in [5, 5.41) is 2.70. The molecule has 1 rings (SSSR count). The van der Waals surface area contributed by atoms with Gasteiger partial charge in [-0.1, -0.05) is 13.8 Å². The van der Waals surface area contributed by atoms with Crippen molar-refractivity contribution < 1.29 is 17.6 Å². The number of nitrogens with zero attached hydrogens (tertiary/aromatic N) is 1. The molecule has 0 aliphatic heterocycles. The predicted molar refractivity (Wildman–Crippen MR) is 83.3 cm³/mol. The lowest BCUT2D eigenvalue weighted by Crippen LogP contribution is -2.38. The molecule has 0 radical (unpaired) electrons. The molecule has 0 atom stereocenters. The Morgan fingerprint density at radius 2 is 1.86 bits per heavy atom. The fourth-order valence-electron chi connectivity index (χ4n) is 1.87. The van der Waals surface area contributed by atoms with Crippen LogP contribution in [0.3, 0.4) is 0 Å². The molecule has 0 aliphatic carbocycles. The van der Waals surface area contributed by atoms with Crippen LogP contribution in [0.1, 0.15) is 26.7 Å². The van der Waals surface area contributed by atoms with Crippen molar-refractivity contribution in [2.24, 2.45) is 5.92 Å². The zero-order valence-corrected chi connectivity index (χ0v) is 14.0. The second kappa shape index (κ2) is 8.24. The average Bonchev–Trinajstić information content (AvgIpc) is 2.43. The first-order valence-corrected chi connectivity index (χ1v) is 8.66. The van der Waals surface area contributed by atoms with Crippen LogP contribution < -0.4 is 5.32 Å². The number of carbonyl (C=O) groups is 1. The third-order valence-electron chi connectivity index (χ3n) is 3.17. The van der Waals surface area contributed by atoms with E-state index in [1.54, 1.807) is 0 Å². The number of hydrogen-bond donors (Lipinski definition) is 1. The summed E-state index contributed by atoms with van der Waals surface area (Å²) in [5.74, 6) is -0.292. The van der Waals surface area contributed by atoms with E-state index >= 15 is 0 Å². The van der Waals surface area contributed by atoms with Crippen LogP contribution in [-0.4, -0.2) is 38.8 Å². The summed E-state index contributed by atoms with van der Waals surface area (Å²) < 4.78 is 38.2. The van der Waals surface area contributed by atoms with Crippen LogP contribution in [0.15, 0.2) is 29.2 Å². The molecule has 22 heavy (non-hydrogen) atoms. The largest absolute Gasteiger partial charge is 0.355 e. The minimum absolute atomic E-state index is 0.0380. The number of sulfonamides is 1. The van der Waals surface area contributed by atoms with Gasteiger partial charge in [0.1, 0.15) is 5.82 Å². The van der Waals surface area contributed by atoms with Gasteiger partial charge in [0.25, 0.3) is 0 Å². The maximum absolute atomic E-state index is 12.8. The van der Waals surface area contributed by atoms with E-state index < -0.39 is 15.8 Å². The van der Waals surface area contributed by atoms with Crippen molar-refractivity contribution in [1.82, 2.24) is 9.62 Å². The zero-order chi connectivity index (χ0) is 16.8. The van der Waals surface area contributed by atoms with E-state index in [1.807, 2.05) is 0 Å². The Kier molecular flexibility index (Phi) is 6.96. The van der Waals surface area contributed by atoms with Gasteiger partial charge in [-0.25, -0.2) is 12.8 Å². The fraction of sp³-hybridized carbons (Fsp3) is 0.533. The molecule has 1 aromatic carbocycles. The molecular formula is C15H23FN2O3S. The summed E-state index contributed by atoms with van der Waals surface area (Å²) in [6.07, 6.45) is 1.86. The molecule has 0 saturated heterocycles. The highest BCUT2D eigenvalue weighted by Crippen LogP contribution is 2.14. The Hall–Kier alpha value is -1.47. The number of amides is 1. The summed E-state index contributed by atoms with van der Waals surface area (Å²) in [4.78, 5) is 11.7. The van der Waals surface area contributed by atoms with E-state index in [0.29, 0.717) is 12.5 Å². The molecule has 0 heterocycles. The number of rotatable bonds is 8. The zero-order valence-electron chi connectivity index (χ0n) is 13.2. The van der Waals surface area contributed by atoms with E-state index in [2.05, 4.69) is 19.2 Å². The number of halogens is 1. The van der Waals surface area contributed by atoms with Gasteiger partial charge < -0.3 is 5.32 Å². The highest BCUT2D eigenvalue weighted by Gasteiger charge is 2.22. The van der Waals surface area contributed by atoms with Crippen molar-refractivity contribution >= 4 is 15.9 Å². The maximum Gasteiger partial charge on any atom is 0.243 e. The molecule has 0 bridgehead atoms. The van der Waals surface area contributed by atoms with Gasteiger partial charge in [-0.05, 0) is 43.0 Å². The second-order valence-corrected chi connectivity index (χ2v) is 7.65. The number of benzene rings is 1. The third-order valence-corrected chi connectivity index (χ3v) is 4.99. The van der Waals surface area contributed by atoms with Gasteiger partial charge >= 0.3 is 0 Å². The quantitative estimate of drug-likeness (QED) is 0.741. The minimum atomic E-state index is -3.79. The van der Waals surface area contributed by atoms with E-state index in [9.17, 15) is 17.6 Å². The first-order valence-electron chi connectivity index (χ1n) is 7.22. The van der Waals surface area contributed by atoms with Gasteiger partial charge in [-0.3, -0.25) is 4.79 Å². The summed E-state index contributed by atoms with van der Waals surface area (Å²) >= 11 is 0. The van der Waals surface area contributed by atoms with Gasteiger partial charge in [0.05, 0.1) is 11.4 Å². The lowest BCUT2D eigenvalue weighted by atomic mass is 10.1. The molecule has 1 aromatic rings. The van der Waals surface area contributed by atoms with E-state index in [4.69, 9.17) is 0 Å². The average molecular weight is 330 g/mol. The van der Waals surface area contributed by atoms with Gasteiger partial charge in [-0.15, -0.1) is 0 Å². The van der Waals surface area contributed by atoms with Crippen molar-refractivity contribution in [2.45, 2.75) is 31.6 Å². The van der Waals surface area contributed by atoms with Crippen molar-refractivity contribution in [3.63, 3.8) is 0 Å². The van der Waals surface area contributed by atoms with Gasteiger partial charge in [-0.2, -0.15) is 4.31 Å². The molecule has 0 spiro atoms. The Morgan fingerprint density at radius 3 is 2.41 bits per heavy atom. The monoisotopic (exact) mass is 330 g/mol. The molecule has 0 aliphatic rings. The lowest BCUT2D eigenvalue weighted by Gasteiger charge is -2.17. The van der Waals surface area contributed by atoms with E-state index in [1.165, 1.54) is 19.2 Å². The van der Waals surface area contributed by atoms with Crippen LogP contribution in [-0.2, 0) is 14.8 Å². The van der Waals surface area contributed by atoms with Crippen LogP contribution in [0.2, 0.25) is 0 Å². The summed E-state index contributed by atoms with van der Waals surface area (Å²) in [6, 6.07) is 4.52. The van der Waals surface area contributed by atoms with Crippen LogP contribution in [0.5, 0.6) is 0 Å². The Morgan fingerprint density at radius 1 is 1.27 bits per heavy atom. The number of hydrogen-bond acceptors (Lipinski definition) is 3. The first-order chi connectivity index (χ1) is 10.2. The maximum atomic E-state index is 12.8. The molecule has 0 aromatic heterocycles. The van der Waals surface area contributed by atoms with E-state index in [0.717, 1.165) is 29.3 Å². The highest BCUT2D eigenvalue weighted by molar-refractivity contribution is 7.89.